The summed E-state index contributed by atoms with van der Waals surface area (Å²) >= 11 is 0. The zero-order chi connectivity index (χ0) is 12.3. The summed E-state index contributed by atoms with van der Waals surface area (Å²) in [5.41, 5.74) is -0.224. The smallest absolute Gasteiger partial charge is 0.220 e. The number of ketones is 1. The molecule has 0 spiro atoms. The van der Waals surface area contributed by atoms with Gasteiger partial charge in [-0.15, -0.1) is 0 Å². The van der Waals surface area contributed by atoms with Crippen molar-refractivity contribution in [3.05, 3.63) is 35.6 Å². The molecule has 0 radical (unpaired) electrons. The Morgan fingerprint density at radius 2 is 2.06 bits per heavy atom. The van der Waals surface area contributed by atoms with Gasteiger partial charge in [-0.3, -0.25) is 4.79 Å². The van der Waals surface area contributed by atoms with Gasteiger partial charge in [0.15, 0.2) is 5.78 Å². The Labute approximate surface area is 95.4 Å². The summed E-state index contributed by atoms with van der Waals surface area (Å²) in [7, 11) is 1.72. The summed E-state index contributed by atoms with van der Waals surface area (Å²) in [6, 6.07) is 6.50. The molecule has 0 aliphatic carbocycles. The van der Waals surface area contributed by atoms with Gasteiger partial charge in [0.1, 0.15) is 19.6 Å². The Bertz CT molecular complexity index is 412. The minimum Gasteiger partial charge on any atom is -0.292 e. The minimum absolute atomic E-state index is 0.0201. The number of rotatable bonds is 4. The molecule has 1 aromatic rings. The number of likely N-dealkylation sites (N-methyl/N-ethyl adjacent to an activating group) is 1. The van der Waals surface area contributed by atoms with Gasteiger partial charge in [-0.1, -0.05) is 18.2 Å². The zero-order valence-corrected chi connectivity index (χ0v) is 9.96. The van der Waals surface area contributed by atoms with Crippen LogP contribution in [0.3, 0.4) is 0 Å². The van der Waals surface area contributed by atoms with E-state index in [9.17, 15) is 9.18 Å². The average molecular weight is 222 g/mol. The molecule has 0 heterocycles. The molecule has 0 saturated heterocycles. The van der Waals surface area contributed by atoms with Gasteiger partial charge < -0.3 is 0 Å². The van der Waals surface area contributed by atoms with Crippen molar-refractivity contribution in [1.82, 2.24) is 0 Å². The summed E-state index contributed by atoms with van der Waals surface area (Å²) in [5, 5.41) is 0. The van der Waals surface area contributed by atoms with Crippen LogP contribution in [0.25, 0.3) is 0 Å². The number of carbonyl (C=O) groups is 1. The molecule has 0 N–H and O–H groups in total. The van der Waals surface area contributed by atoms with Gasteiger partial charge in [0, 0.05) is 20.3 Å². The zero-order valence-electron chi connectivity index (χ0n) is 9.96. The lowest BCUT2D eigenvalue weighted by Crippen LogP contribution is -2.45. The molecule has 1 rings (SSSR count). The van der Waals surface area contributed by atoms with Gasteiger partial charge in [-0.2, -0.15) is 0 Å². The Hall–Kier alpha value is -1.51. The second-order valence-electron chi connectivity index (χ2n) is 4.30. The first-order valence-corrected chi connectivity index (χ1v) is 5.16. The second-order valence-corrected chi connectivity index (χ2v) is 4.30. The lowest BCUT2D eigenvalue weighted by molar-refractivity contribution is -0.554. The highest BCUT2D eigenvalue weighted by molar-refractivity contribution is 5.84. The SMILES string of the molecule is C=[N+](C)[C@@](C)(Cc1ccccc1F)C(C)=O. The van der Waals surface area contributed by atoms with Crippen LogP contribution in [0.2, 0.25) is 0 Å². The van der Waals surface area contributed by atoms with Gasteiger partial charge >= 0.3 is 0 Å². The van der Waals surface area contributed by atoms with Crippen molar-refractivity contribution in [2.75, 3.05) is 7.05 Å². The van der Waals surface area contributed by atoms with E-state index in [2.05, 4.69) is 6.72 Å². The highest BCUT2D eigenvalue weighted by atomic mass is 19.1. The summed E-state index contributed by atoms with van der Waals surface area (Å²) in [6.07, 6.45) is 0.328. The standard InChI is InChI=1S/C13H17FNO/c1-10(16)13(2,15(3)4)9-11-7-5-6-8-12(11)14/h5-8H,3,9H2,1-2,4H3/q+1/t13-/m0/s1. The normalized spacial score (nSPS) is 14.2. The molecule has 0 aliphatic heterocycles. The van der Waals surface area contributed by atoms with Gasteiger partial charge in [0.05, 0.1) is 0 Å². The maximum atomic E-state index is 13.5. The minimum atomic E-state index is -0.762. The summed E-state index contributed by atoms with van der Waals surface area (Å²) in [5.74, 6) is -0.301. The molecule has 3 heteroatoms. The number of benzene rings is 1. The number of Topliss-reactive ketones (excluding diaryl/α,β-unsaturated/α-hetero) is 1. The molecule has 0 amide bonds. The third-order valence-electron chi connectivity index (χ3n) is 3.09. The first-order chi connectivity index (χ1) is 7.38. The summed E-state index contributed by atoms with van der Waals surface area (Å²) in [6.45, 7) is 7.02. The lowest BCUT2D eigenvalue weighted by Gasteiger charge is -2.21. The molecule has 2 nitrogen and oxygen atoms in total. The highest BCUT2D eigenvalue weighted by Gasteiger charge is 2.38. The van der Waals surface area contributed by atoms with E-state index in [4.69, 9.17) is 0 Å². The summed E-state index contributed by atoms with van der Waals surface area (Å²) in [4.78, 5) is 11.6. The van der Waals surface area contributed by atoms with E-state index >= 15 is 0 Å². The van der Waals surface area contributed by atoms with Crippen molar-refractivity contribution < 1.29 is 13.8 Å². The first kappa shape index (κ1) is 12.6. The number of hydrogen-bond acceptors (Lipinski definition) is 1. The number of nitrogens with zero attached hydrogens (tertiary/aromatic N) is 1. The van der Waals surface area contributed by atoms with Crippen LogP contribution in [0.1, 0.15) is 19.4 Å². The maximum Gasteiger partial charge on any atom is 0.220 e. The number of halogens is 1. The molecule has 0 bridgehead atoms. The van der Waals surface area contributed by atoms with E-state index in [1.807, 2.05) is 0 Å². The van der Waals surface area contributed by atoms with Crippen molar-refractivity contribution >= 4 is 12.5 Å². The molecule has 1 aromatic carbocycles. The molecular formula is C13H17FNO+. The topological polar surface area (TPSA) is 20.1 Å². The van der Waals surface area contributed by atoms with Crippen LogP contribution < -0.4 is 0 Å². The third kappa shape index (κ3) is 2.35. The fourth-order valence-electron chi connectivity index (χ4n) is 1.54. The van der Waals surface area contributed by atoms with Crippen LogP contribution in [0.4, 0.5) is 4.39 Å². The van der Waals surface area contributed by atoms with Crippen LogP contribution in [0, 0.1) is 5.82 Å². The van der Waals surface area contributed by atoms with Crippen LogP contribution in [-0.4, -0.2) is 29.7 Å². The monoisotopic (exact) mass is 222 g/mol. The fraction of sp³-hybridized carbons (Fsp3) is 0.385. The Balaban J connectivity index is 3.07. The molecule has 0 saturated carbocycles. The highest BCUT2D eigenvalue weighted by Crippen LogP contribution is 2.19. The Morgan fingerprint density at radius 3 is 2.50 bits per heavy atom. The predicted octanol–water partition coefficient (Wildman–Crippen LogP) is 2.06. The van der Waals surface area contributed by atoms with E-state index in [0.29, 0.717) is 12.0 Å². The molecule has 16 heavy (non-hydrogen) atoms. The molecule has 0 aliphatic rings. The molecule has 0 fully saturated rings. The van der Waals surface area contributed by atoms with Crippen LogP contribution >= 0.6 is 0 Å². The largest absolute Gasteiger partial charge is 0.292 e. The Morgan fingerprint density at radius 1 is 1.50 bits per heavy atom. The van der Waals surface area contributed by atoms with Crippen molar-refractivity contribution in [2.45, 2.75) is 25.8 Å². The van der Waals surface area contributed by atoms with E-state index in [1.165, 1.54) is 13.0 Å². The molecule has 86 valence electrons. The van der Waals surface area contributed by atoms with Crippen molar-refractivity contribution in [2.24, 2.45) is 0 Å². The van der Waals surface area contributed by atoms with Gasteiger partial charge in [-0.05, 0) is 11.6 Å². The maximum absolute atomic E-state index is 13.5. The number of hydrogen-bond donors (Lipinski definition) is 0. The first-order valence-electron chi connectivity index (χ1n) is 5.16. The van der Waals surface area contributed by atoms with Gasteiger partial charge in [-0.25, -0.2) is 8.97 Å². The molecular weight excluding hydrogens is 205 g/mol. The van der Waals surface area contributed by atoms with Gasteiger partial charge in [0.2, 0.25) is 5.54 Å². The van der Waals surface area contributed by atoms with Crippen LogP contribution in [-0.2, 0) is 11.2 Å². The van der Waals surface area contributed by atoms with Gasteiger partial charge in [0.25, 0.3) is 0 Å². The number of carbonyl (C=O) groups excluding carboxylic acids is 1. The van der Waals surface area contributed by atoms with Crippen LogP contribution in [0.15, 0.2) is 24.3 Å². The molecule has 0 aromatic heterocycles. The fourth-order valence-corrected chi connectivity index (χ4v) is 1.54. The molecule has 1 atom stereocenters. The third-order valence-corrected chi connectivity index (χ3v) is 3.09. The van der Waals surface area contributed by atoms with Crippen molar-refractivity contribution in [3.8, 4) is 0 Å². The lowest BCUT2D eigenvalue weighted by atomic mass is 9.88. The van der Waals surface area contributed by atoms with E-state index in [1.54, 1.807) is 36.7 Å². The van der Waals surface area contributed by atoms with Crippen LogP contribution in [0.5, 0.6) is 0 Å². The Kier molecular flexibility index (Phi) is 3.58. The van der Waals surface area contributed by atoms with Crippen molar-refractivity contribution in [1.29, 1.82) is 0 Å². The predicted molar refractivity (Wildman–Crippen MR) is 62.5 cm³/mol. The van der Waals surface area contributed by atoms with Crippen molar-refractivity contribution in [3.63, 3.8) is 0 Å². The average Bonchev–Trinajstić information content (AvgIpc) is 2.20. The molecule has 0 unspecified atom stereocenters. The second kappa shape index (κ2) is 4.56. The van der Waals surface area contributed by atoms with E-state index < -0.39 is 5.54 Å². The summed E-state index contributed by atoms with van der Waals surface area (Å²) < 4.78 is 15.1. The van der Waals surface area contributed by atoms with E-state index in [-0.39, 0.29) is 11.6 Å². The quantitative estimate of drug-likeness (QED) is 0.564. The van der Waals surface area contributed by atoms with E-state index in [0.717, 1.165) is 0 Å².